The predicted octanol–water partition coefficient (Wildman–Crippen LogP) is 2.29. The van der Waals surface area contributed by atoms with Gasteiger partial charge in [0.2, 0.25) is 0 Å². The van der Waals surface area contributed by atoms with Crippen molar-refractivity contribution < 1.29 is 33.4 Å². The molecule has 2 aliphatic rings. The number of nitrogens with zero attached hydrogens (tertiary/aromatic N) is 1. The molecule has 2 fully saturated rings. The molecule has 1 aliphatic carbocycles. The van der Waals surface area contributed by atoms with Crippen LogP contribution in [-0.2, 0) is 24.0 Å². The fraction of sp³-hybridized carbons (Fsp3) is 0.500. The highest BCUT2D eigenvalue weighted by atomic mass is 35.5. The number of benzene rings is 1. The summed E-state index contributed by atoms with van der Waals surface area (Å²) in [5.74, 6) is -1.12. The predicted molar refractivity (Wildman–Crippen MR) is 133 cm³/mol. The second-order valence-electron chi connectivity index (χ2n) is 9.33. The molecule has 202 valence electrons. The highest BCUT2D eigenvalue weighted by Gasteiger charge is 2.56. The minimum absolute atomic E-state index is 0.00730. The lowest BCUT2D eigenvalue weighted by Gasteiger charge is -2.25. The van der Waals surface area contributed by atoms with Crippen LogP contribution in [0.25, 0.3) is 0 Å². The van der Waals surface area contributed by atoms with Crippen molar-refractivity contribution in [2.75, 3.05) is 6.61 Å². The average molecular weight is 578 g/mol. The maximum Gasteiger partial charge on any atom is 0.459 e. The van der Waals surface area contributed by atoms with Crippen molar-refractivity contribution in [1.82, 2.24) is 14.6 Å². The van der Waals surface area contributed by atoms with Gasteiger partial charge in [-0.05, 0) is 42.9 Å². The van der Waals surface area contributed by atoms with E-state index in [0.29, 0.717) is 0 Å². The van der Waals surface area contributed by atoms with E-state index in [1.54, 1.807) is 18.2 Å². The lowest BCUT2D eigenvalue weighted by Crippen LogP contribution is -2.41. The van der Waals surface area contributed by atoms with E-state index in [1.165, 1.54) is 6.92 Å². The van der Waals surface area contributed by atoms with Gasteiger partial charge in [-0.25, -0.2) is 9.36 Å². The number of aromatic nitrogens is 2. The molecule has 4 rings (SSSR count). The van der Waals surface area contributed by atoms with Crippen LogP contribution < -0.4 is 20.9 Å². The summed E-state index contributed by atoms with van der Waals surface area (Å²) in [6.07, 6.45) is -1.30. The van der Waals surface area contributed by atoms with Gasteiger partial charge in [-0.15, -0.1) is 0 Å². The molecule has 1 aromatic heterocycles. The quantitative estimate of drug-likeness (QED) is 0.242. The van der Waals surface area contributed by atoms with Crippen molar-refractivity contribution in [3.63, 3.8) is 0 Å². The molecule has 1 saturated carbocycles. The Balaban J connectivity index is 1.54. The summed E-state index contributed by atoms with van der Waals surface area (Å²) in [7, 11) is -4.36. The molecule has 12 nitrogen and oxygen atoms in total. The van der Waals surface area contributed by atoms with Gasteiger partial charge >= 0.3 is 19.4 Å². The first kappa shape index (κ1) is 27.8. The Bertz CT molecular complexity index is 1340. The largest absolute Gasteiger partial charge is 0.480 e. The first-order chi connectivity index (χ1) is 17.2. The summed E-state index contributed by atoms with van der Waals surface area (Å²) in [5.41, 5.74) is -0.578. The third kappa shape index (κ3) is 5.96. The normalized spacial score (nSPS) is 26.2. The van der Waals surface area contributed by atoms with Gasteiger partial charge in [-0.3, -0.25) is 23.7 Å². The van der Waals surface area contributed by atoms with Crippen molar-refractivity contribution in [3.05, 3.63) is 62.9 Å². The molecule has 1 aromatic carbocycles. The lowest BCUT2D eigenvalue weighted by atomic mass is 9.98. The van der Waals surface area contributed by atoms with Crippen molar-refractivity contribution in [3.8, 4) is 5.75 Å². The number of carbonyl (C=O) groups is 1. The number of carboxylic acids is 1. The fourth-order valence-corrected chi connectivity index (χ4v) is 5.91. The molecular formula is C22H26Cl2N3O9P. The molecule has 2 heterocycles. The van der Waals surface area contributed by atoms with E-state index in [1.807, 2.05) is 11.1 Å². The third-order valence-corrected chi connectivity index (χ3v) is 8.83. The standard InChI is InChI=1S/C22H26Cl2N3O9P/c1-12(18(30)31)26-37(33,36-14-5-3-4-13(10-14)21(2)7-8-21)34-11-15-17(29)22(23,24)19(35-15)27-9-6-16(28)25-20(27)32/h3-6,9-10,12,15,17,19,29H,7-8,11H2,1-2H3,(H,26,33)(H,30,31)(H,25,28,32)/t12?,15-,17-,19-,37?/m1/s1. The second kappa shape index (κ2) is 10.2. The Morgan fingerprint density at radius 1 is 1.35 bits per heavy atom. The number of ether oxygens (including phenoxy) is 1. The Hall–Kier alpha value is -2.18. The lowest BCUT2D eigenvalue weighted by molar-refractivity contribution is -0.138. The van der Waals surface area contributed by atoms with Crippen LogP contribution in [0.4, 0.5) is 0 Å². The number of alkyl halides is 2. The number of aliphatic hydroxyl groups is 1. The molecule has 2 aromatic rings. The molecule has 1 saturated heterocycles. The zero-order valence-electron chi connectivity index (χ0n) is 19.8. The zero-order chi connectivity index (χ0) is 27.2. The first-order valence-corrected chi connectivity index (χ1v) is 13.6. The van der Waals surface area contributed by atoms with Crippen molar-refractivity contribution in [2.45, 2.75) is 60.9 Å². The van der Waals surface area contributed by atoms with Gasteiger partial charge in [0.25, 0.3) is 5.56 Å². The maximum atomic E-state index is 13.6. The number of nitrogens with one attached hydrogen (secondary N) is 2. The molecule has 37 heavy (non-hydrogen) atoms. The molecular weight excluding hydrogens is 552 g/mol. The number of hydrogen-bond donors (Lipinski definition) is 4. The number of aromatic amines is 1. The van der Waals surface area contributed by atoms with Crippen LogP contribution in [0.2, 0.25) is 0 Å². The minimum Gasteiger partial charge on any atom is -0.480 e. The number of carboxylic acid groups (broad SMARTS) is 1. The van der Waals surface area contributed by atoms with E-state index in [4.69, 9.17) is 37.0 Å². The van der Waals surface area contributed by atoms with Crippen LogP contribution >= 0.6 is 30.9 Å². The third-order valence-electron chi connectivity index (χ3n) is 6.37. The van der Waals surface area contributed by atoms with Gasteiger partial charge in [-0.1, -0.05) is 42.3 Å². The molecule has 0 amide bonds. The smallest absolute Gasteiger partial charge is 0.459 e. The molecule has 0 spiro atoms. The Kier molecular flexibility index (Phi) is 7.66. The van der Waals surface area contributed by atoms with Gasteiger partial charge in [0.15, 0.2) is 10.6 Å². The summed E-state index contributed by atoms with van der Waals surface area (Å²) in [6.45, 7) is 2.73. The molecule has 15 heteroatoms. The van der Waals surface area contributed by atoms with Crippen LogP contribution in [0.5, 0.6) is 5.75 Å². The molecule has 0 radical (unpaired) electrons. The average Bonchev–Trinajstić information content (AvgIpc) is 3.53. The zero-order valence-corrected chi connectivity index (χ0v) is 22.2. The van der Waals surface area contributed by atoms with Crippen LogP contribution in [0.15, 0.2) is 46.1 Å². The van der Waals surface area contributed by atoms with Crippen LogP contribution in [0, 0.1) is 0 Å². The van der Waals surface area contributed by atoms with E-state index >= 15 is 0 Å². The van der Waals surface area contributed by atoms with E-state index in [2.05, 4.69) is 12.0 Å². The van der Waals surface area contributed by atoms with Crippen molar-refractivity contribution in [2.24, 2.45) is 0 Å². The Labute approximate surface area is 221 Å². The van der Waals surface area contributed by atoms with Crippen LogP contribution in [0.3, 0.4) is 0 Å². The second-order valence-corrected chi connectivity index (χ2v) is 12.5. The molecule has 0 bridgehead atoms. The van der Waals surface area contributed by atoms with E-state index in [-0.39, 0.29) is 11.2 Å². The summed E-state index contributed by atoms with van der Waals surface area (Å²) in [5, 5.41) is 22.3. The van der Waals surface area contributed by atoms with E-state index < -0.39 is 60.4 Å². The highest BCUT2D eigenvalue weighted by molar-refractivity contribution is 7.52. The number of rotatable bonds is 10. The highest BCUT2D eigenvalue weighted by Crippen LogP contribution is 2.51. The van der Waals surface area contributed by atoms with Crippen LogP contribution in [-0.4, -0.2) is 54.9 Å². The summed E-state index contributed by atoms with van der Waals surface area (Å²) in [6, 6.07) is 6.63. The van der Waals surface area contributed by atoms with Gasteiger partial charge in [0.05, 0.1) is 6.61 Å². The fourth-order valence-electron chi connectivity index (χ4n) is 3.82. The van der Waals surface area contributed by atoms with E-state index in [9.17, 15) is 29.2 Å². The minimum atomic E-state index is -4.36. The number of H-pyrrole nitrogens is 1. The number of hydrogen-bond acceptors (Lipinski definition) is 8. The first-order valence-electron chi connectivity index (χ1n) is 11.3. The van der Waals surface area contributed by atoms with Gasteiger partial charge in [0, 0.05) is 12.3 Å². The van der Waals surface area contributed by atoms with Crippen LogP contribution in [0.1, 0.15) is 38.5 Å². The van der Waals surface area contributed by atoms with E-state index in [0.717, 1.165) is 35.2 Å². The van der Waals surface area contributed by atoms with Crippen molar-refractivity contribution in [1.29, 1.82) is 0 Å². The molecule has 2 unspecified atom stereocenters. The summed E-state index contributed by atoms with van der Waals surface area (Å²) >= 11 is 12.6. The monoisotopic (exact) mass is 577 g/mol. The summed E-state index contributed by atoms with van der Waals surface area (Å²) < 4.78 is 29.2. The Morgan fingerprint density at radius 2 is 2.05 bits per heavy atom. The van der Waals surface area contributed by atoms with Crippen molar-refractivity contribution >= 4 is 36.9 Å². The van der Waals surface area contributed by atoms with Gasteiger partial charge in [0.1, 0.15) is 24.0 Å². The van der Waals surface area contributed by atoms with Gasteiger partial charge < -0.3 is 19.5 Å². The van der Waals surface area contributed by atoms with Gasteiger partial charge in [-0.2, -0.15) is 5.09 Å². The molecule has 5 atom stereocenters. The summed E-state index contributed by atoms with van der Waals surface area (Å²) in [4.78, 5) is 37.0. The SMILES string of the molecule is CC(NP(=O)(OC[C@H]1O[C@@H](n2ccc(=O)[nH]c2=O)C(Cl)(Cl)[C@@H]1O)Oc1cccc(C2(C)CC2)c1)C(=O)O. The number of aliphatic carboxylic acids is 1. The molecule has 4 N–H and O–H groups in total. The number of halogens is 2. The maximum absolute atomic E-state index is 13.6. The Morgan fingerprint density at radius 3 is 2.68 bits per heavy atom. The molecule has 1 aliphatic heterocycles. The number of aliphatic hydroxyl groups excluding tert-OH is 1. The topological polar surface area (TPSA) is 169 Å².